The molecule has 114 valence electrons. The van der Waals surface area contributed by atoms with Crippen LogP contribution in [0.5, 0.6) is 0 Å². The molecular formula is C18H13NO4. The molecule has 0 radical (unpaired) electrons. The number of carbonyl (C=O) groups excluding carboxylic acids is 1. The summed E-state index contributed by atoms with van der Waals surface area (Å²) in [4.78, 5) is 12.2. The van der Waals surface area contributed by atoms with E-state index < -0.39 is 0 Å². The average molecular weight is 307 g/mol. The van der Waals surface area contributed by atoms with E-state index in [0.29, 0.717) is 22.9 Å². The van der Waals surface area contributed by atoms with Crippen molar-refractivity contribution in [3.63, 3.8) is 0 Å². The van der Waals surface area contributed by atoms with Gasteiger partial charge in [-0.1, -0.05) is 18.2 Å². The standard InChI is InChI=1S/C18H13NO4/c20-18(17-10-12-4-1-2-5-14(12)23-17)19-11-13-7-8-16(22-13)15-6-3-9-21-15/h1-10H,11H2,(H,19,20). The highest BCUT2D eigenvalue weighted by molar-refractivity contribution is 5.95. The van der Waals surface area contributed by atoms with Gasteiger partial charge >= 0.3 is 0 Å². The van der Waals surface area contributed by atoms with E-state index in [4.69, 9.17) is 13.3 Å². The highest BCUT2D eigenvalue weighted by Gasteiger charge is 2.13. The van der Waals surface area contributed by atoms with Gasteiger partial charge in [-0.15, -0.1) is 0 Å². The fourth-order valence-corrected chi connectivity index (χ4v) is 2.37. The summed E-state index contributed by atoms with van der Waals surface area (Å²) in [5, 5.41) is 3.68. The van der Waals surface area contributed by atoms with Crippen LogP contribution in [0.2, 0.25) is 0 Å². The van der Waals surface area contributed by atoms with E-state index in [9.17, 15) is 4.79 Å². The summed E-state index contributed by atoms with van der Waals surface area (Å²) in [6.45, 7) is 0.274. The maximum Gasteiger partial charge on any atom is 0.287 e. The number of carbonyl (C=O) groups is 1. The van der Waals surface area contributed by atoms with Crippen LogP contribution in [0.1, 0.15) is 16.3 Å². The minimum Gasteiger partial charge on any atom is -0.461 e. The first-order valence-electron chi connectivity index (χ1n) is 7.19. The Kier molecular flexibility index (Phi) is 3.24. The lowest BCUT2D eigenvalue weighted by Crippen LogP contribution is -2.21. The molecule has 0 saturated carbocycles. The molecule has 3 heterocycles. The molecule has 0 fully saturated rings. The van der Waals surface area contributed by atoms with E-state index in [1.165, 1.54) is 0 Å². The van der Waals surface area contributed by atoms with E-state index in [0.717, 1.165) is 5.39 Å². The molecule has 0 atom stereocenters. The third-order valence-corrected chi connectivity index (χ3v) is 3.50. The number of benzene rings is 1. The molecule has 0 spiro atoms. The molecule has 1 N–H and O–H groups in total. The molecule has 0 aliphatic carbocycles. The zero-order valence-corrected chi connectivity index (χ0v) is 12.1. The summed E-state index contributed by atoms with van der Waals surface area (Å²) in [6.07, 6.45) is 1.58. The van der Waals surface area contributed by atoms with Gasteiger partial charge in [0.25, 0.3) is 5.91 Å². The molecule has 0 aliphatic rings. The van der Waals surface area contributed by atoms with Gasteiger partial charge in [-0.05, 0) is 36.4 Å². The SMILES string of the molecule is O=C(NCc1ccc(-c2ccco2)o1)c1cc2ccccc2o1. The molecule has 5 nitrogen and oxygen atoms in total. The van der Waals surface area contributed by atoms with Crippen LogP contribution in [0.25, 0.3) is 22.5 Å². The quantitative estimate of drug-likeness (QED) is 0.613. The van der Waals surface area contributed by atoms with Gasteiger partial charge in [-0.2, -0.15) is 0 Å². The first kappa shape index (κ1) is 13.5. The lowest BCUT2D eigenvalue weighted by Gasteiger charge is -2.00. The van der Waals surface area contributed by atoms with Gasteiger partial charge in [0.15, 0.2) is 17.3 Å². The van der Waals surface area contributed by atoms with Crippen molar-refractivity contribution in [3.8, 4) is 11.5 Å². The van der Waals surface area contributed by atoms with E-state index in [-0.39, 0.29) is 18.2 Å². The summed E-state index contributed by atoms with van der Waals surface area (Å²) < 4.78 is 16.4. The number of nitrogens with one attached hydrogen (secondary N) is 1. The third-order valence-electron chi connectivity index (χ3n) is 3.50. The Morgan fingerprint density at radius 3 is 2.70 bits per heavy atom. The number of amides is 1. The number of para-hydroxylation sites is 1. The van der Waals surface area contributed by atoms with Gasteiger partial charge in [0.05, 0.1) is 12.8 Å². The first-order valence-corrected chi connectivity index (χ1v) is 7.19. The highest BCUT2D eigenvalue weighted by atomic mass is 16.4. The smallest absolute Gasteiger partial charge is 0.287 e. The maximum absolute atomic E-state index is 12.2. The van der Waals surface area contributed by atoms with Crippen molar-refractivity contribution in [1.82, 2.24) is 5.32 Å². The van der Waals surface area contributed by atoms with Crippen LogP contribution >= 0.6 is 0 Å². The normalized spacial score (nSPS) is 11.0. The van der Waals surface area contributed by atoms with E-state index in [1.807, 2.05) is 36.4 Å². The first-order chi connectivity index (χ1) is 11.3. The number of rotatable bonds is 4. The number of fused-ring (bicyclic) bond motifs is 1. The van der Waals surface area contributed by atoms with Crippen molar-refractivity contribution in [2.45, 2.75) is 6.54 Å². The molecule has 3 aromatic heterocycles. The molecule has 0 bridgehead atoms. The molecule has 4 aromatic rings. The average Bonchev–Trinajstić information content (AvgIpc) is 3.31. The van der Waals surface area contributed by atoms with Crippen LogP contribution in [0, 0.1) is 0 Å². The number of hydrogen-bond acceptors (Lipinski definition) is 4. The second kappa shape index (κ2) is 5.53. The van der Waals surface area contributed by atoms with Crippen LogP contribution in [0.4, 0.5) is 0 Å². The van der Waals surface area contributed by atoms with Crippen LogP contribution < -0.4 is 5.32 Å². The van der Waals surface area contributed by atoms with Crippen LogP contribution in [0.15, 0.2) is 74.1 Å². The summed E-state index contributed by atoms with van der Waals surface area (Å²) in [5.74, 6) is 1.92. The number of furan rings is 3. The van der Waals surface area contributed by atoms with Gasteiger partial charge in [0.2, 0.25) is 0 Å². The van der Waals surface area contributed by atoms with E-state index >= 15 is 0 Å². The fourth-order valence-electron chi connectivity index (χ4n) is 2.37. The highest BCUT2D eigenvalue weighted by Crippen LogP contribution is 2.22. The summed E-state index contributed by atoms with van der Waals surface area (Å²) in [6, 6.07) is 16.4. The second-order valence-electron chi connectivity index (χ2n) is 5.07. The molecular weight excluding hydrogens is 294 g/mol. The largest absolute Gasteiger partial charge is 0.461 e. The molecule has 5 heteroatoms. The summed E-state index contributed by atoms with van der Waals surface area (Å²) >= 11 is 0. The maximum atomic E-state index is 12.2. The third kappa shape index (κ3) is 2.64. The van der Waals surface area contributed by atoms with Crippen molar-refractivity contribution >= 4 is 16.9 Å². The van der Waals surface area contributed by atoms with Gasteiger partial charge in [-0.25, -0.2) is 0 Å². The topological polar surface area (TPSA) is 68.5 Å². The van der Waals surface area contributed by atoms with Crippen LogP contribution in [0.3, 0.4) is 0 Å². The van der Waals surface area contributed by atoms with E-state index in [1.54, 1.807) is 24.5 Å². The lowest BCUT2D eigenvalue weighted by atomic mass is 10.2. The van der Waals surface area contributed by atoms with Crippen molar-refractivity contribution in [2.24, 2.45) is 0 Å². The molecule has 4 rings (SSSR count). The molecule has 1 amide bonds. The van der Waals surface area contributed by atoms with Crippen molar-refractivity contribution in [1.29, 1.82) is 0 Å². The van der Waals surface area contributed by atoms with Gasteiger partial charge in [-0.3, -0.25) is 4.79 Å². The molecule has 1 aromatic carbocycles. The van der Waals surface area contributed by atoms with Crippen LogP contribution in [-0.4, -0.2) is 5.91 Å². The Bertz CT molecular complexity index is 913. The summed E-state index contributed by atoms with van der Waals surface area (Å²) in [7, 11) is 0. The van der Waals surface area contributed by atoms with Crippen molar-refractivity contribution < 1.29 is 18.0 Å². The summed E-state index contributed by atoms with van der Waals surface area (Å²) in [5.41, 5.74) is 0.691. The Labute approximate surface area is 131 Å². The lowest BCUT2D eigenvalue weighted by molar-refractivity contribution is 0.0922. The minimum absolute atomic E-state index is 0.274. The zero-order chi connectivity index (χ0) is 15.6. The molecule has 23 heavy (non-hydrogen) atoms. The predicted molar refractivity (Wildman–Crippen MR) is 83.8 cm³/mol. The van der Waals surface area contributed by atoms with Crippen molar-refractivity contribution in [3.05, 3.63) is 72.4 Å². The van der Waals surface area contributed by atoms with Crippen LogP contribution in [-0.2, 0) is 6.54 Å². The Morgan fingerprint density at radius 2 is 1.87 bits per heavy atom. The monoisotopic (exact) mass is 307 g/mol. The van der Waals surface area contributed by atoms with E-state index in [2.05, 4.69) is 5.32 Å². The fraction of sp³-hybridized carbons (Fsp3) is 0.0556. The Morgan fingerprint density at radius 1 is 0.957 bits per heavy atom. The second-order valence-corrected chi connectivity index (χ2v) is 5.07. The van der Waals surface area contributed by atoms with Gasteiger partial charge < -0.3 is 18.6 Å². The van der Waals surface area contributed by atoms with Gasteiger partial charge in [0.1, 0.15) is 11.3 Å². The van der Waals surface area contributed by atoms with Gasteiger partial charge in [0, 0.05) is 5.39 Å². The minimum atomic E-state index is -0.280. The molecule has 0 saturated heterocycles. The van der Waals surface area contributed by atoms with Crippen molar-refractivity contribution in [2.75, 3.05) is 0 Å². The predicted octanol–water partition coefficient (Wildman–Crippen LogP) is 4.22. The molecule has 0 aliphatic heterocycles. The molecule has 0 unspecified atom stereocenters. The zero-order valence-electron chi connectivity index (χ0n) is 12.1. The Balaban J connectivity index is 1.45. The number of hydrogen-bond donors (Lipinski definition) is 1. The Hall–Kier alpha value is -3.21.